The van der Waals surface area contributed by atoms with Crippen molar-refractivity contribution in [2.24, 2.45) is 0 Å². The predicted octanol–water partition coefficient (Wildman–Crippen LogP) is 1.20. The van der Waals surface area contributed by atoms with Crippen molar-refractivity contribution in [3.63, 3.8) is 0 Å². The molecular weight excluding hydrogens is 195 g/mol. The summed E-state index contributed by atoms with van der Waals surface area (Å²) in [7, 11) is 1.13. The van der Waals surface area contributed by atoms with Crippen LogP contribution in [0.4, 0.5) is 0 Å². The quantitative estimate of drug-likeness (QED) is 0.687. The lowest BCUT2D eigenvalue weighted by Crippen LogP contribution is -2.33. The Morgan fingerprint density at radius 3 is 2.60 bits per heavy atom. The molecule has 15 heavy (non-hydrogen) atoms. The first-order valence-corrected chi connectivity index (χ1v) is 5.00. The van der Waals surface area contributed by atoms with Gasteiger partial charge < -0.3 is 18.5 Å². The molecule has 1 atom stereocenters. The molecule has 1 aromatic heterocycles. The Kier molecular flexibility index (Phi) is 2.52. The monoisotopic (exact) mass is 210 g/mol. The van der Waals surface area contributed by atoms with E-state index in [4.69, 9.17) is 18.5 Å². The Labute approximate surface area is 89.6 Å². The summed E-state index contributed by atoms with van der Waals surface area (Å²) in [5.74, 6) is 0.467. The van der Waals surface area contributed by atoms with Crippen LogP contribution in [0, 0.1) is 0 Å². The fourth-order valence-electron chi connectivity index (χ4n) is 1.44. The number of ether oxygens (including phenoxy) is 1. The van der Waals surface area contributed by atoms with Gasteiger partial charge in [0.2, 0.25) is 0 Å². The molecule has 4 nitrogen and oxygen atoms in total. The second-order valence-electron chi connectivity index (χ2n) is 4.19. The van der Waals surface area contributed by atoms with Gasteiger partial charge in [-0.1, -0.05) is 0 Å². The van der Waals surface area contributed by atoms with Crippen molar-refractivity contribution in [1.29, 1.82) is 0 Å². The summed E-state index contributed by atoms with van der Waals surface area (Å²) in [6.45, 7) is 5.98. The van der Waals surface area contributed by atoms with Crippen LogP contribution in [0.3, 0.4) is 0 Å². The Morgan fingerprint density at radius 2 is 2.13 bits per heavy atom. The molecule has 0 bridgehead atoms. The topological polar surface area (TPSA) is 40.8 Å². The smallest absolute Gasteiger partial charge is 0.468 e. The van der Waals surface area contributed by atoms with Gasteiger partial charge in [-0.05, 0) is 26.8 Å². The normalized spacial score (nSPS) is 24.5. The van der Waals surface area contributed by atoms with Crippen molar-refractivity contribution in [2.45, 2.75) is 32.5 Å². The van der Waals surface area contributed by atoms with Crippen LogP contribution in [0.5, 0.6) is 5.95 Å². The van der Waals surface area contributed by atoms with Crippen LogP contribution >= 0.6 is 0 Å². The molecule has 2 heterocycles. The number of rotatable bonds is 2. The maximum Gasteiger partial charge on any atom is 0.532 e. The van der Waals surface area contributed by atoms with Gasteiger partial charge in [0.05, 0.1) is 18.8 Å². The van der Waals surface area contributed by atoms with E-state index in [1.54, 1.807) is 19.2 Å². The van der Waals surface area contributed by atoms with Crippen molar-refractivity contribution >= 4 is 12.8 Å². The van der Waals surface area contributed by atoms with Crippen molar-refractivity contribution in [1.82, 2.24) is 0 Å². The van der Waals surface area contributed by atoms with E-state index in [9.17, 15) is 0 Å². The van der Waals surface area contributed by atoms with E-state index < -0.39 is 7.12 Å². The third kappa shape index (κ3) is 1.89. The standard InChI is InChI=1S/C10H15BO4/c1-7-10(2,3)15-11(14-7)8-5-6-9(12-4)13-8/h5-7H,1-4H3. The van der Waals surface area contributed by atoms with E-state index in [1.165, 1.54) is 0 Å². The zero-order valence-electron chi connectivity index (χ0n) is 9.44. The minimum Gasteiger partial charge on any atom is -0.468 e. The third-order valence-electron chi connectivity index (χ3n) is 2.75. The molecule has 82 valence electrons. The van der Waals surface area contributed by atoms with Gasteiger partial charge in [0, 0.05) is 6.07 Å². The van der Waals surface area contributed by atoms with Crippen molar-refractivity contribution in [3.8, 4) is 5.95 Å². The summed E-state index contributed by atoms with van der Waals surface area (Å²) in [5.41, 5.74) is 0.356. The lowest BCUT2D eigenvalue weighted by Gasteiger charge is -2.21. The summed E-state index contributed by atoms with van der Waals surface area (Å²) in [6.07, 6.45) is 0.0404. The fraction of sp³-hybridized carbons (Fsp3) is 0.600. The number of hydrogen-bond acceptors (Lipinski definition) is 4. The van der Waals surface area contributed by atoms with Crippen LogP contribution in [0.25, 0.3) is 0 Å². The molecule has 5 heteroatoms. The van der Waals surface area contributed by atoms with E-state index in [2.05, 4.69) is 0 Å². The minimum absolute atomic E-state index is 0.0404. The van der Waals surface area contributed by atoms with Gasteiger partial charge in [-0.3, -0.25) is 0 Å². The Balaban J connectivity index is 2.13. The van der Waals surface area contributed by atoms with Crippen LogP contribution in [0.1, 0.15) is 20.8 Å². The second-order valence-corrected chi connectivity index (χ2v) is 4.19. The number of methoxy groups -OCH3 is 1. The fourth-order valence-corrected chi connectivity index (χ4v) is 1.44. The van der Waals surface area contributed by atoms with E-state index >= 15 is 0 Å². The molecule has 0 spiro atoms. The molecule has 1 saturated heterocycles. The van der Waals surface area contributed by atoms with Crippen LogP contribution in [-0.4, -0.2) is 25.9 Å². The Morgan fingerprint density at radius 1 is 1.40 bits per heavy atom. The van der Waals surface area contributed by atoms with Gasteiger partial charge in [0.15, 0.2) is 0 Å². The molecule has 1 fully saturated rings. The molecule has 0 N–H and O–H groups in total. The van der Waals surface area contributed by atoms with Crippen LogP contribution in [0.2, 0.25) is 0 Å². The van der Waals surface area contributed by atoms with Gasteiger partial charge >= 0.3 is 7.12 Å². The Bertz CT molecular complexity index is 347. The summed E-state index contributed by atoms with van der Waals surface area (Å²) in [6, 6.07) is 3.55. The highest BCUT2D eigenvalue weighted by molar-refractivity contribution is 6.60. The maximum atomic E-state index is 5.73. The van der Waals surface area contributed by atoms with Crippen molar-refractivity contribution in [2.75, 3.05) is 7.11 Å². The molecule has 0 aliphatic carbocycles. The summed E-state index contributed by atoms with van der Waals surface area (Å²) in [5, 5.41) is 0. The number of hydrogen-bond donors (Lipinski definition) is 0. The second kappa shape index (κ2) is 3.57. The summed E-state index contributed by atoms with van der Waals surface area (Å²) < 4.78 is 21.7. The van der Waals surface area contributed by atoms with E-state index in [0.29, 0.717) is 11.6 Å². The first kappa shape index (κ1) is 10.6. The largest absolute Gasteiger partial charge is 0.532 e. The molecule has 1 aromatic rings. The summed E-state index contributed by atoms with van der Waals surface area (Å²) in [4.78, 5) is 0. The van der Waals surface area contributed by atoms with E-state index in [0.717, 1.165) is 0 Å². The molecule has 0 aromatic carbocycles. The number of furan rings is 1. The molecule has 0 radical (unpaired) electrons. The average molecular weight is 210 g/mol. The van der Waals surface area contributed by atoms with Gasteiger partial charge in [-0.25, -0.2) is 0 Å². The van der Waals surface area contributed by atoms with E-state index in [-0.39, 0.29) is 11.7 Å². The minimum atomic E-state index is -0.432. The van der Waals surface area contributed by atoms with Gasteiger partial charge in [-0.15, -0.1) is 0 Å². The van der Waals surface area contributed by atoms with Crippen molar-refractivity contribution < 1.29 is 18.5 Å². The highest BCUT2D eigenvalue weighted by Crippen LogP contribution is 2.27. The molecular formula is C10H15BO4. The lowest BCUT2D eigenvalue weighted by atomic mass is 9.86. The SMILES string of the molecule is COc1ccc(B2OC(C)C(C)(C)O2)o1. The first-order valence-electron chi connectivity index (χ1n) is 5.00. The molecule has 1 aliphatic rings. The Hall–Kier alpha value is -0.935. The zero-order chi connectivity index (χ0) is 11.1. The van der Waals surface area contributed by atoms with E-state index in [1.807, 2.05) is 20.8 Å². The molecule has 1 unspecified atom stereocenters. The van der Waals surface area contributed by atoms with Gasteiger partial charge in [0.25, 0.3) is 5.95 Å². The van der Waals surface area contributed by atoms with Crippen LogP contribution in [-0.2, 0) is 9.31 Å². The van der Waals surface area contributed by atoms with Crippen LogP contribution < -0.4 is 10.4 Å². The van der Waals surface area contributed by atoms with Gasteiger partial charge in [0.1, 0.15) is 5.66 Å². The maximum absolute atomic E-state index is 5.73. The highest BCUT2D eigenvalue weighted by atomic mass is 16.7. The lowest BCUT2D eigenvalue weighted by molar-refractivity contribution is 0.0841. The van der Waals surface area contributed by atoms with Crippen LogP contribution in [0.15, 0.2) is 16.5 Å². The highest BCUT2D eigenvalue weighted by Gasteiger charge is 2.45. The molecule has 0 saturated carbocycles. The average Bonchev–Trinajstić information content (AvgIpc) is 2.72. The zero-order valence-corrected chi connectivity index (χ0v) is 9.44. The predicted molar refractivity (Wildman–Crippen MR) is 56.4 cm³/mol. The molecule has 0 amide bonds. The van der Waals surface area contributed by atoms with Crippen molar-refractivity contribution in [3.05, 3.63) is 12.1 Å². The molecule has 2 rings (SSSR count). The first-order chi connectivity index (χ1) is 7.03. The third-order valence-corrected chi connectivity index (χ3v) is 2.75. The summed E-state index contributed by atoms with van der Waals surface area (Å²) >= 11 is 0. The molecule has 1 aliphatic heterocycles. The van der Waals surface area contributed by atoms with Gasteiger partial charge in [-0.2, -0.15) is 0 Å².